The highest BCUT2D eigenvalue weighted by molar-refractivity contribution is 5.21. The van der Waals surface area contributed by atoms with Crippen LogP contribution in [0.2, 0.25) is 0 Å². The SMILES string of the molecule is Cc1ccc(CN(C)CCC2CCNC2)cc1. The first-order valence-electron chi connectivity index (χ1n) is 6.69. The van der Waals surface area contributed by atoms with Crippen molar-refractivity contribution in [3.8, 4) is 0 Å². The van der Waals surface area contributed by atoms with Crippen molar-refractivity contribution in [2.45, 2.75) is 26.3 Å². The van der Waals surface area contributed by atoms with Crippen LogP contribution in [0.25, 0.3) is 0 Å². The summed E-state index contributed by atoms with van der Waals surface area (Å²) in [6.45, 7) is 6.85. The number of benzene rings is 1. The van der Waals surface area contributed by atoms with Gasteiger partial charge in [-0.15, -0.1) is 0 Å². The first-order chi connectivity index (χ1) is 8.24. The number of nitrogens with zero attached hydrogens (tertiary/aromatic N) is 1. The molecule has 1 atom stereocenters. The van der Waals surface area contributed by atoms with Crippen LogP contribution in [0.15, 0.2) is 24.3 Å². The lowest BCUT2D eigenvalue weighted by molar-refractivity contribution is 0.298. The Balaban J connectivity index is 1.72. The van der Waals surface area contributed by atoms with Gasteiger partial charge in [-0.05, 0) is 57.9 Å². The Hall–Kier alpha value is -0.860. The van der Waals surface area contributed by atoms with E-state index >= 15 is 0 Å². The van der Waals surface area contributed by atoms with E-state index in [4.69, 9.17) is 0 Å². The average molecular weight is 232 g/mol. The molecule has 1 aromatic rings. The fraction of sp³-hybridized carbons (Fsp3) is 0.600. The molecule has 0 bridgehead atoms. The van der Waals surface area contributed by atoms with Crippen molar-refractivity contribution >= 4 is 0 Å². The van der Waals surface area contributed by atoms with Gasteiger partial charge in [-0.2, -0.15) is 0 Å². The third-order valence-corrected chi connectivity index (χ3v) is 3.65. The zero-order chi connectivity index (χ0) is 12.1. The van der Waals surface area contributed by atoms with E-state index in [9.17, 15) is 0 Å². The van der Waals surface area contributed by atoms with Crippen molar-refractivity contribution in [1.29, 1.82) is 0 Å². The number of hydrogen-bond acceptors (Lipinski definition) is 2. The Morgan fingerprint density at radius 2 is 2.06 bits per heavy atom. The van der Waals surface area contributed by atoms with Gasteiger partial charge in [0.1, 0.15) is 0 Å². The van der Waals surface area contributed by atoms with Gasteiger partial charge < -0.3 is 10.2 Å². The third-order valence-electron chi connectivity index (χ3n) is 3.65. The molecule has 1 aliphatic heterocycles. The Morgan fingerprint density at radius 1 is 1.29 bits per heavy atom. The van der Waals surface area contributed by atoms with Crippen LogP contribution in [0.1, 0.15) is 24.0 Å². The summed E-state index contributed by atoms with van der Waals surface area (Å²) in [4.78, 5) is 2.43. The molecular formula is C15H24N2. The van der Waals surface area contributed by atoms with E-state index in [1.54, 1.807) is 0 Å². The van der Waals surface area contributed by atoms with Crippen molar-refractivity contribution < 1.29 is 0 Å². The first kappa shape index (κ1) is 12.6. The molecule has 94 valence electrons. The molecule has 0 spiro atoms. The van der Waals surface area contributed by atoms with E-state index in [0.717, 1.165) is 12.5 Å². The maximum Gasteiger partial charge on any atom is 0.0230 e. The quantitative estimate of drug-likeness (QED) is 0.839. The molecule has 1 aliphatic rings. The van der Waals surface area contributed by atoms with Gasteiger partial charge in [-0.25, -0.2) is 0 Å². The predicted octanol–water partition coefficient (Wildman–Crippen LogP) is 2.43. The molecule has 17 heavy (non-hydrogen) atoms. The van der Waals surface area contributed by atoms with Crippen LogP contribution in [0.4, 0.5) is 0 Å². The topological polar surface area (TPSA) is 15.3 Å². The van der Waals surface area contributed by atoms with Crippen molar-refractivity contribution in [3.05, 3.63) is 35.4 Å². The van der Waals surface area contributed by atoms with E-state index < -0.39 is 0 Å². The standard InChI is InChI=1S/C15H24N2/c1-13-3-5-15(6-4-13)12-17(2)10-8-14-7-9-16-11-14/h3-6,14,16H,7-12H2,1-2H3. The average Bonchev–Trinajstić information content (AvgIpc) is 2.83. The molecule has 0 aromatic heterocycles. The van der Waals surface area contributed by atoms with Gasteiger partial charge in [0.2, 0.25) is 0 Å². The molecule has 0 amide bonds. The van der Waals surface area contributed by atoms with Gasteiger partial charge in [0.05, 0.1) is 0 Å². The monoisotopic (exact) mass is 232 g/mol. The molecule has 2 nitrogen and oxygen atoms in total. The van der Waals surface area contributed by atoms with Crippen LogP contribution >= 0.6 is 0 Å². The second-order valence-corrected chi connectivity index (χ2v) is 5.37. The Bertz CT molecular complexity index is 325. The highest BCUT2D eigenvalue weighted by Crippen LogP contribution is 2.13. The lowest BCUT2D eigenvalue weighted by Gasteiger charge is -2.18. The summed E-state index contributed by atoms with van der Waals surface area (Å²) >= 11 is 0. The summed E-state index contributed by atoms with van der Waals surface area (Å²) in [5.41, 5.74) is 2.76. The Morgan fingerprint density at radius 3 is 2.71 bits per heavy atom. The molecule has 1 saturated heterocycles. The van der Waals surface area contributed by atoms with Crippen molar-refractivity contribution in [1.82, 2.24) is 10.2 Å². The van der Waals surface area contributed by atoms with Crippen molar-refractivity contribution in [2.75, 3.05) is 26.7 Å². The minimum Gasteiger partial charge on any atom is -0.316 e. The molecule has 1 unspecified atom stereocenters. The first-order valence-corrected chi connectivity index (χ1v) is 6.69. The second-order valence-electron chi connectivity index (χ2n) is 5.37. The van der Waals surface area contributed by atoms with E-state index in [0.29, 0.717) is 0 Å². The van der Waals surface area contributed by atoms with Gasteiger partial charge in [0.15, 0.2) is 0 Å². The Kier molecular flexibility index (Phi) is 4.57. The van der Waals surface area contributed by atoms with E-state index in [-0.39, 0.29) is 0 Å². The minimum absolute atomic E-state index is 0.899. The largest absolute Gasteiger partial charge is 0.316 e. The zero-order valence-electron chi connectivity index (χ0n) is 11.1. The lowest BCUT2D eigenvalue weighted by Crippen LogP contribution is -2.22. The zero-order valence-corrected chi connectivity index (χ0v) is 11.1. The minimum atomic E-state index is 0.899. The van der Waals surface area contributed by atoms with E-state index in [1.807, 2.05) is 0 Å². The van der Waals surface area contributed by atoms with Gasteiger partial charge in [0.25, 0.3) is 0 Å². The molecule has 0 radical (unpaired) electrons. The van der Waals surface area contributed by atoms with Gasteiger partial charge in [-0.1, -0.05) is 29.8 Å². The summed E-state index contributed by atoms with van der Waals surface area (Å²) < 4.78 is 0. The summed E-state index contributed by atoms with van der Waals surface area (Å²) in [6.07, 6.45) is 2.69. The second kappa shape index (κ2) is 6.18. The fourth-order valence-corrected chi connectivity index (χ4v) is 2.45. The fourth-order valence-electron chi connectivity index (χ4n) is 2.45. The van der Waals surface area contributed by atoms with Crippen LogP contribution in [0.3, 0.4) is 0 Å². The van der Waals surface area contributed by atoms with Crippen molar-refractivity contribution in [2.24, 2.45) is 5.92 Å². The summed E-state index contributed by atoms with van der Waals surface area (Å²) in [7, 11) is 2.22. The maximum absolute atomic E-state index is 3.43. The number of rotatable bonds is 5. The van der Waals surface area contributed by atoms with E-state index in [2.05, 4.69) is 48.5 Å². The van der Waals surface area contributed by atoms with E-state index in [1.165, 1.54) is 43.6 Å². The molecule has 0 aliphatic carbocycles. The molecular weight excluding hydrogens is 208 g/mol. The summed E-state index contributed by atoms with van der Waals surface area (Å²) in [5.74, 6) is 0.899. The summed E-state index contributed by atoms with van der Waals surface area (Å²) in [5, 5.41) is 3.43. The van der Waals surface area contributed by atoms with Crippen LogP contribution in [-0.4, -0.2) is 31.6 Å². The Labute approximate surface area is 105 Å². The molecule has 1 aromatic carbocycles. The normalized spacial score (nSPS) is 20.1. The molecule has 0 saturated carbocycles. The van der Waals surface area contributed by atoms with Crippen LogP contribution in [-0.2, 0) is 6.54 Å². The predicted molar refractivity (Wildman–Crippen MR) is 73.1 cm³/mol. The van der Waals surface area contributed by atoms with Crippen LogP contribution < -0.4 is 5.32 Å². The highest BCUT2D eigenvalue weighted by atomic mass is 15.1. The maximum atomic E-state index is 3.43. The van der Waals surface area contributed by atoms with Gasteiger partial charge in [-0.3, -0.25) is 0 Å². The molecule has 2 heteroatoms. The molecule has 2 rings (SSSR count). The lowest BCUT2D eigenvalue weighted by atomic mass is 10.0. The highest BCUT2D eigenvalue weighted by Gasteiger charge is 2.14. The van der Waals surface area contributed by atoms with Gasteiger partial charge >= 0.3 is 0 Å². The number of hydrogen-bond donors (Lipinski definition) is 1. The van der Waals surface area contributed by atoms with Crippen molar-refractivity contribution in [3.63, 3.8) is 0 Å². The third kappa shape index (κ3) is 4.14. The molecule has 1 fully saturated rings. The van der Waals surface area contributed by atoms with Crippen LogP contribution in [0, 0.1) is 12.8 Å². The van der Waals surface area contributed by atoms with Gasteiger partial charge in [0, 0.05) is 6.54 Å². The van der Waals surface area contributed by atoms with Crippen LogP contribution in [0.5, 0.6) is 0 Å². The smallest absolute Gasteiger partial charge is 0.0230 e. The molecule has 1 heterocycles. The summed E-state index contributed by atoms with van der Waals surface area (Å²) in [6, 6.07) is 8.88. The number of aryl methyl sites for hydroxylation is 1. The number of nitrogens with one attached hydrogen (secondary N) is 1. The molecule has 1 N–H and O–H groups in total.